The lowest BCUT2D eigenvalue weighted by Crippen LogP contribution is -2.26. The van der Waals surface area contributed by atoms with Crippen molar-refractivity contribution in [1.29, 1.82) is 0 Å². The highest BCUT2D eigenvalue weighted by Crippen LogP contribution is 2.45. The van der Waals surface area contributed by atoms with E-state index in [4.69, 9.17) is 28.3 Å². The fourth-order valence-corrected chi connectivity index (χ4v) is 4.45. The Hall–Kier alpha value is -1.77. The molecule has 2 unspecified atom stereocenters. The first kappa shape index (κ1) is 16.7. The number of fused-ring (bicyclic) bond motifs is 1. The quantitative estimate of drug-likeness (QED) is 0.612. The zero-order valence-electron chi connectivity index (χ0n) is 14.1. The van der Waals surface area contributed by atoms with Crippen LogP contribution in [0, 0.1) is 5.92 Å². The maximum atomic E-state index is 6.48. The molecule has 0 radical (unpaired) electrons. The Morgan fingerprint density at radius 1 is 1.04 bits per heavy atom. The van der Waals surface area contributed by atoms with E-state index in [1.807, 2.05) is 37.4 Å². The number of nitrogens with zero attached hydrogens (tertiary/aromatic N) is 2. The second-order valence-electron chi connectivity index (χ2n) is 6.72. The van der Waals surface area contributed by atoms with Crippen molar-refractivity contribution < 1.29 is 0 Å². The maximum Gasteiger partial charge on any atom is 0.0815 e. The topological polar surface area (TPSA) is 15.6 Å². The molecule has 0 N–H and O–H groups in total. The van der Waals surface area contributed by atoms with Gasteiger partial charge < -0.3 is 0 Å². The van der Waals surface area contributed by atoms with Gasteiger partial charge in [-0.25, -0.2) is 0 Å². The first-order valence-electron chi connectivity index (χ1n) is 8.66. The van der Waals surface area contributed by atoms with Gasteiger partial charge in [0.15, 0.2) is 0 Å². The molecule has 2 aliphatic rings. The summed E-state index contributed by atoms with van der Waals surface area (Å²) in [4.78, 5) is 0. The molecule has 0 aromatic heterocycles. The molecule has 1 aliphatic heterocycles. The summed E-state index contributed by atoms with van der Waals surface area (Å²) in [6.45, 7) is 0. The van der Waals surface area contributed by atoms with Crippen LogP contribution in [0.1, 0.15) is 36.4 Å². The molecule has 1 fully saturated rings. The largest absolute Gasteiger partial charge is 0.292 e. The summed E-state index contributed by atoms with van der Waals surface area (Å²) >= 11 is 12.8. The fourth-order valence-electron chi connectivity index (χ4n) is 4.01. The Morgan fingerprint density at radius 3 is 2.52 bits per heavy atom. The number of benzene rings is 2. The van der Waals surface area contributed by atoms with Gasteiger partial charge in [0.25, 0.3) is 0 Å². The van der Waals surface area contributed by atoms with Crippen LogP contribution in [0.4, 0.5) is 0 Å². The van der Waals surface area contributed by atoms with Crippen LogP contribution in [0.2, 0.25) is 10.0 Å². The van der Waals surface area contributed by atoms with Crippen LogP contribution in [0.25, 0.3) is 6.08 Å². The van der Waals surface area contributed by atoms with Gasteiger partial charge in [0, 0.05) is 23.0 Å². The molecule has 0 saturated heterocycles. The van der Waals surface area contributed by atoms with E-state index in [9.17, 15) is 0 Å². The Labute approximate surface area is 158 Å². The van der Waals surface area contributed by atoms with Crippen LogP contribution < -0.4 is 0 Å². The van der Waals surface area contributed by atoms with Gasteiger partial charge >= 0.3 is 0 Å². The van der Waals surface area contributed by atoms with Gasteiger partial charge in [-0.15, -0.1) is 0 Å². The van der Waals surface area contributed by atoms with Crippen molar-refractivity contribution in [3.63, 3.8) is 0 Å². The zero-order chi connectivity index (χ0) is 17.4. The molecule has 0 amide bonds. The Bertz CT molecular complexity index is 856. The molecule has 128 valence electrons. The number of hydrazone groups is 1. The minimum atomic E-state index is 0.207. The van der Waals surface area contributed by atoms with Gasteiger partial charge in [-0.1, -0.05) is 59.6 Å². The van der Waals surface area contributed by atoms with E-state index >= 15 is 0 Å². The number of hydrogen-bond donors (Lipinski definition) is 0. The molecule has 1 saturated carbocycles. The summed E-state index contributed by atoms with van der Waals surface area (Å²) in [5, 5.41) is 8.57. The van der Waals surface area contributed by atoms with Crippen molar-refractivity contribution in [2.24, 2.45) is 11.0 Å². The van der Waals surface area contributed by atoms with Crippen molar-refractivity contribution in [1.82, 2.24) is 5.01 Å². The molecule has 1 aliphatic carbocycles. The third kappa shape index (κ3) is 3.09. The normalized spacial score (nSPS) is 24.4. The fraction of sp³-hybridized carbons (Fsp3) is 0.286. The Morgan fingerprint density at radius 2 is 1.76 bits per heavy atom. The lowest BCUT2D eigenvalue weighted by molar-refractivity contribution is 0.242. The molecule has 1 heterocycles. The van der Waals surface area contributed by atoms with Gasteiger partial charge in [0.2, 0.25) is 0 Å². The molecule has 2 aromatic carbocycles. The first-order valence-corrected chi connectivity index (χ1v) is 9.42. The highest BCUT2D eigenvalue weighted by Gasteiger charge is 2.40. The third-order valence-corrected chi connectivity index (χ3v) is 5.84. The van der Waals surface area contributed by atoms with Crippen LogP contribution in [0.3, 0.4) is 0 Å². The molecule has 2 aromatic rings. The van der Waals surface area contributed by atoms with E-state index in [2.05, 4.69) is 29.3 Å². The van der Waals surface area contributed by atoms with Gasteiger partial charge in [-0.05, 0) is 54.2 Å². The predicted molar refractivity (Wildman–Crippen MR) is 106 cm³/mol. The smallest absolute Gasteiger partial charge is 0.0815 e. The van der Waals surface area contributed by atoms with E-state index in [0.717, 1.165) is 40.4 Å². The number of allylic oxidation sites excluding steroid dienone is 1. The van der Waals surface area contributed by atoms with E-state index in [-0.39, 0.29) is 6.04 Å². The highest BCUT2D eigenvalue weighted by molar-refractivity contribution is 6.32. The molecular weight excluding hydrogens is 351 g/mol. The minimum Gasteiger partial charge on any atom is -0.292 e. The summed E-state index contributed by atoms with van der Waals surface area (Å²) in [5.41, 5.74) is 4.71. The molecule has 4 rings (SSSR count). The van der Waals surface area contributed by atoms with E-state index in [0.29, 0.717) is 5.92 Å². The second-order valence-corrected chi connectivity index (χ2v) is 7.53. The summed E-state index contributed by atoms with van der Waals surface area (Å²) < 4.78 is 0. The van der Waals surface area contributed by atoms with Gasteiger partial charge in [-0.3, -0.25) is 5.01 Å². The van der Waals surface area contributed by atoms with E-state index in [1.54, 1.807) is 0 Å². The van der Waals surface area contributed by atoms with Crippen molar-refractivity contribution in [2.45, 2.75) is 25.3 Å². The predicted octanol–water partition coefficient (Wildman–Crippen LogP) is 6.22. The standard InChI is InChI=1S/C21H20Cl2N2/c1-25-21(16-9-3-5-12-19(16)23)17-10-6-8-15(20(17)24-25)13-14-7-2-4-11-18(14)22/h2-5,7,9,11-13,17,21H,6,8,10H2,1H3/b15-13+. The summed E-state index contributed by atoms with van der Waals surface area (Å²) in [5.74, 6) is 0.382. The summed E-state index contributed by atoms with van der Waals surface area (Å²) in [6.07, 6.45) is 5.55. The average molecular weight is 371 g/mol. The van der Waals surface area contributed by atoms with Crippen LogP contribution >= 0.6 is 23.2 Å². The Kier molecular flexibility index (Phi) is 4.58. The summed E-state index contributed by atoms with van der Waals surface area (Å²) in [7, 11) is 2.05. The molecule has 4 heteroatoms. The molecule has 2 nitrogen and oxygen atoms in total. The first-order chi connectivity index (χ1) is 12.1. The van der Waals surface area contributed by atoms with Gasteiger partial charge in [0.1, 0.15) is 0 Å². The van der Waals surface area contributed by atoms with Crippen LogP contribution in [0.15, 0.2) is 59.2 Å². The number of halogens is 2. The van der Waals surface area contributed by atoms with Crippen molar-refractivity contribution in [3.05, 3.63) is 75.3 Å². The van der Waals surface area contributed by atoms with Crippen molar-refractivity contribution in [3.8, 4) is 0 Å². The maximum absolute atomic E-state index is 6.48. The van der Waals surface area contributed by atoms with Crippen LogP contribution in [0.5, 0.6) is 0 Å². The van der Waals surface area contributed by atoms with Gasteiger partial charge in [0.05, 0.1) is 11.8 Å². The van der Waals surface area contributed by atoms with Crippen molar-refractivity contribution >= 4 is 35.0 Å². The number of rotatable bonds is 2. The zero-order valence-corrected chi connectivity index (χ0v) is 15.6. The average Bonchev–Trinajstić information content (AvgIpc) is 2.94. The third-order valence-electron chi connectivity index (χ3n) is 5.15. The van der Waals surface area contributed by atoms with Crippen LogP contribution in [-0.4, -0.2) is 17.8 Å². The van der Waals surface area contributed by atoms with Crippen molar-refractivity contribution in [2.75, 3.05) is 7.05 Å². The second kappa shape index (κ2) is 6.86. The number of hydrogen-bond acceptors (Lipinski definition) is 2. The minimum absolute atomic E-state index is 0.207. The monoisotopic (exact) mass is 370 g/mol. The SMILES string of the molecule is CN1N=C2/C(=C/c3ccccc3Cl)CCCC2C1c1ccccc1Cl. The van der Waals surface area contributed by atoms with Gasteiger partial charge in [-0.2, -0.15) is 5.10 Å². The molecule has 0 spiro atoms. The molecule has 25 heavy (non-hydrogen) atoms. The summed E-state index contributed by atoms with van der Waals surface area (Å²) in [6, 6.07) is 16.3. The van der Waals surface area contributed by atoms with E-state index in [1.165, 1.54) is 11.3 Å². The van der Waals surface area contributed by atoms with Crippen LogP contribution in [-0.2, 0) is 0 Å². The lowest BCUT2D eigenvalue weighted by Gasteiger charge is -2.29. The molecule has 2 atom stereocenters. The lowest BCUT2D eigenvalue weighted by atomic mass is 9.77. The Balaban J connectivity index is 1.71. The highest BCUT2D eigenvalue weighted by atomic mass is 35.5. The van der Waals surface area contributed by atoms with E-state index < -0.39 is 0 Å². The molecule has 0 bridgehead atoms. The molecular formula is C21H20Cl2N2.